The first kappa shape index (κ1) is 9.37. The molecule has 1 N–H and O–H groups in total. The standard InChI is InChI=1S/C13H15NS/c1-13(2)8-14-12(13)10-7-15-11-6-4-3-5-9(10)11/h3-7,12,14H,8H2,1-2H3. The van der Waals surface area contributed by atoms with E-state index in [4.69, 9.17) is 0 Å². The highest BCUT2D eigenvalue weighted by Gasteiger charge is 2.39. The highest BCUT2D eigenvalue weighted by molar-refractivity contribution is 7.17. The van der Waals surface area contributed by atoms with E-state index in [0.717, 1.165) is 6.54 Å². The van der Waals surface area contributed by atoms with Crippen molar-refractivity contribution in [2.75, 3.05) is 6.54 Å². The molecule has 2 aromatic rings. The van der Waals surface area contributed by atoms with Gasteiger partial charge in [0, 0.05) is 17.3 Å². The van der Waals surface area contributed by atoms with Crippen LogP contribution in [0.15, 0.2) is 29.6 Å². The second-order valence-corrected chi connectivity index (χ2v) is 5.90. The lowest BCUT2D eigenvalue weighted by Gasteiger charge is -2.45. The lowest BCUT2D eigenvalue weighted by Crippen LogP contribution is -2.52. The average molecular weight is 217 g/mol. The van der Waals surface area contributed by atoms with Gasteiger partial charge in [-0.2, -0.15) is 0 Å². The summed E-state index contributed by atoms with van der Waals surface area (Å²) in [5.41, 5.74) is 1.89. The van der Waals surface area contributed by atoms with Crippen LogP contribution >= 0.6 is 11.3 Å². The molecule has 1 fully saturated rings. The van der Waals surface area contributed by atoms with Crippen LogP contribution in [0.4, 0.5) is 0 Å². The summed E-state index contributed by atoms with van der Waals surface area (Å²) in [7, 11) is 0. The Hall–Kier alpha value is -0.860. The molecule has 3 rings (SSSR count). The largest absolute Gasteiger partial charge is 0.309 e. The van der Waals surface area contributed by atoms with Crippen molar-refractivity contribution in [3.8, 4) is 0 Å². The van der Waals surface area contributed by atoms with E-state index in [2.05, 4.69) is 48.8 Å². The topological polar surface area (TPSA) is 12.0 Å². The van der Waals surface area contributed by atoms with Gasteiger partial charge in [0.1, 0.15) is 0 Å². The molecule has 1 aromatic heterocycles. The number of benzene rings is 1. The van der Waals surface area contributed by atoms with Gasteiger partial charge < -0.3 is 5.32 Å². The second kappa shape index (κ2) is 3.06. The van der Waals surface area contributed by atoms with E-state index in [0.29, 0.717) is 11.5 Å². The molecule has 1 aliphatic rings. The van der Waals surface area contributed by atoms with Gasteiger partial charge >= 0.3 is 0 Å². The van der Waals surface area contributed by atoms with Gasteiger partial charge in [0.15, 0.2) is 0 Å². The zero-order valence-electron chi connectivity index (χ0n) is 9.08. The van der Waals surface area contributed by atoms with Crippen molar-refractivity contribution in [2.24, 2.45) is 5.41 Å². The summed E-state index contributed by atoms with van der Waals surface area (Å²) in [6.07, 6.45) is 0. The van der Waals surface area contributed by atoms with Crippen LogP contribution in [0.3, 0.4) is 0 Å². The van der Waals surface area contributed by atoms with E-state index in [1.54, 1.807) is 0 Å². The zero-order valence-corrected chi connectivity index (χ0v) is 9.90. The summed E-state index contributed by atoms with van der Waals surface area (Å²) in [4.78, 5) is 0. The van der Waals surface area contributed by atoms with Crippen LogP contribution in [0.1, 0.15) is 25.5 Å². The number of fused-ring (bicyclic) bond motifs is 1. The van der Waals surface area contributed by atoms with Crippen molar-refractivity contribution < 1.29 is 0 Å². The van der Waals surface area contributed by atoms with Gasteiger partial charge in [0.2, 0.25) is 0 Å². The molecular weight excluding hydrogens is 202 g/mol. The minimum absolute atomic E-state index is 0.407. The minimum Gasteiger partial charge on any atom is -0.309 e. The van der Waals surface area contributed by atoms with E-state index in [1.807, 2.05) is 11.3 Å². The Morgan fingerprint density at radius 3 is 2.80 bits per heavy atom. The zero-order chi connectivity index (χ0) is 10.5. The third kappa shape index (κ3) is 1.32. The molecular formula is C13H15NS. The molecule has 0 amide bonds. The van der Waals surface area contributed by atoms with Crippen LogP contribution in [0.2, 0.25) is 0 Å². The van der Waals surface area contributed by atoms with Crippen LogP contribution in [-0.2, 0) is 0 Å². The first-order valence-electron chi connectivity index (χ1n) is 5.38. The van der Waals surface area contributed by atoms with Gasteiger partial charge in [-0.25, -0.2) is 0 Å². The summed E-state index contributed by atoms with van der Waals surface area (Å²) in [6.45, 7) is 5.79. The van der Waals surface area contributed by atoms with Crippen molar-refractivity contribution in [3.63, 3.8) is 0 Å². The molecule has 0 bridgehead atoms. The number of thiophene rings is 1. The van der Waals surface area contributed by atoms with Crippen molar-refractivity contribution in [3.05, 3.63) is 35.2 Å². The highest BCUT2D eigenvalue weighted by atomic mass is 32.1. The first-order valence-corrected chi connectivity index (χ1v) is 6.26. The van der Waals surface area contributed by atoms with Gasteiger partial charge in [-0.05, 0) is 27.8 Å². The van der Waals surface area contributed by atoms with Crippen LogP contribution in [0, 0.1) is 5.41 Å². The van der Waals surface area contributed by atoms with E-state index >= 15 is 0 Å². The Labute approximate surface area is 94.1 Å². The third-order valence-corrected chi connectivity index (χ3v) is 4.35. The highest BCUT2D eigenvalue weighted by Crippen LogP contribution is 2.44. The fourth-order valence-electron chi connectivity index (χ4n) is 2.37. The Morgan fingerprint density at radius 2 is 2.13 bits per heavy atom. The van der Waals surface area contributed by atoms with Crippen LogP contribution in [0.25, 0.3) is 10.1 Å². The molecule has 1 aliphatic heterocycles. The molecule has 2 heteroatoms. The quantitative estimate of drug-likeness (QED) is 0.770. The fourth-order valence-corrected chi connectivity index (χ4v) is 3.35. The normalized spacial score (nSPS) is 24.0. The maximum atomic E-state index is 3.54. The number of hydrogen-bond donors (Lipinski definition) is 1. The summed E-state index contributed by atoms with van der Waals surface area (Å²) >= 11 is 1.85. The average Bonchev–Trinajstić information content (AvgIpc) is 2.61. The SMILES string of the molecule is CC1(C)CNC1c1csc2ccccc12. The van der Waals surface area contributed by atoms with Crippen LogP contribution in [0.5, 0.6) is 0 Å². The van der Waals surface area contributed by atoms with E-state index in [1.165, 1.54) is 15.6 Å². The summed E-state index contributed by atoms with van der Waals surface area (Å²) in [6, 6.07) is 9.21. The summed E-state index contributed by atoms with van der Waals surface area (Å²) in [5.74, 6) is 0. The van der Waals surface area contributed by atoms with Crippen molar-refractivity contribution >= 4 is 21.4 Å². The number of rotatable bonds is 1. The molecule has 2 heterocycles. The maximum absolute atomic E-state index is 3.54. The van der Waals surface area contributed by atoms with Crippen LogP contribution < -0.4 is 5.32 Å². The number of nitrogens with one attached hydrogen (secondary N) is 1. The second-order valence-electron chi connectivity index (χ2n) is 4.99. The Bertz CT molecular complexity index is 498. The maximum Gasteiger partial charge on any atom is 0.0398 e. The molecule has 1 aromatic carbocycles. The lowest BCUT2D eigenvalue weighted by molar-refractivity contribution is 0.130. The molecule has 1 nitrogen and oxygen atoms in total. The Morgan fingerprint density at radius 1 is 1.33 bits per heavy atom. The number of hydrogen-bond acceptors (Lipinski definition) is 2. The molecule has 0 spiro atoms. The molecule has 0 aliphatic carbocycles. The summed E-state index contributed by atoms with van der Waals surface area (Å²) < 4.78 is 1.40. The minimum atomic E-state index is 0.407. The molecule has 15 heavy (non-hydrogen) atoms. The van der Waals surface area contributed by atoms with Gasteiger partial charge in [-0.3, -0.25) is 0 Å². The third-order valence-electron chi connectivity index (χ3n) is 3.37. The van der Waals surface area contributed by atoms with Gasteiger partial charge in [-0.15, -0.1) is 11.3 Å². The molecule has 1 unspecified atom stereocenters. The molecule has 1 saturated heterocycles. The Kier molecular flexibility index (Phi) is 1.91. The summed E-state index contributed by atoms with van der Waals surface area (Å²) in [5, 5.41) is 7.27. The molecule has 0 saturated carbocycles. The first-order chi connectivity index (χ1) is 7.18. The van der Waals surface area contributed by atoms with Gasteiger partial charge in [0.05, 0.1) is 0 Å². The lowest BCUT2D eigenvalue weighted by atomic mass is 9.74. The van der Waals surface area contributed by atoms with Crippen molar-refractivity contribution in [1.82, 2.24) is 5.32 Å². The van der Waals surface area contributed by atoms with E-state index in [-0.39, 0.29) is 0 Å². The fraction of sp³-hybridized carbons (Fsp3) is 0.385. The van der Waals surface area contributed by atoms with Gasteiger partial charge in [-0.1, -0.05) is 32.0 Å². The smallest absolute Gasteiger partial charge is 0.0398 e. The predicted octanol–water partition coefficient (Wildman–Crippen LogP) is 3.57. The van der Waals surface area contributed by atoms with Crippen molar-refractivity contribution in [2.45, 2.75) is 19.9 Å². The van der Waals surface area contributed by atoms with Gasteiger partial charge in [0.25, 0.3) is 0 Å². The predicted molar refractivity (Wildman–Crippen MR) is 66.3 cm³/mol. The molecule has 78 valence electrons. The van der Waals surface area contributed by atoms with Crippen LogP contribution in [-0.4, -0.2) is 6.54 Å². The van der Waals surface area contributed by atoms with Crippen molar-refractivity contribution in [1.29, 1.82) is 0 Å². The Balaban J connectivity index is 2.12. The molecule has 0 radical (unpaired) electrons. The monoisotopic (exact) mass is 217 g/mol. The van der Waals surface area contributed by atoms with E-state index in [9.17, 15) is 0 Å². The molecule has 1 atom stereocenters. The van der Waals surface area contributed by atoms with E-state index < -0.39 is 0 Å².